The second-order valence-electron chi connectivity index (χ2n) is 1.97. The topological polar surface area (TPSA) is 26.3 Å². The van der Waals surface area contributed by atoms with E-state index in [-0.39, 0.29) is 5.97 Å². The number of methoxy groups -OCH3 is 1. The molecule has 0 aliphatic rings. The van der Waals surface area contributed by atoms with Gasteiger partial charge in [-0.05, 0) is 28.1 Å². The predicted molar refractivity (Wildman–Crippen MR) is 68.2 cm³/mol. The van der Waals surface area contributed by atoms with Crippen molar-refractivity contribution in [1.29, 1.82) is 0 Å². The molecule has 3 heteroatoms. The van der Waals surface area contributed by atoms with E-state index < -0.39 is 0 Å². The van der Waals surface area contributed by atoms with Gasteiger partial charge in [-0.25, -0.2) is 4.79 Å². The molecule has 0 saturated heterocycles. The molecule has 0 spiro atoms. The highest BCUT2D eigenvalue weighted by Gasteiger charge is 2.07. The van der Waals surface area contributed by atoms with E-state index in [0.29, 0.717) is 5.56 Å². The minimum atomic E-state index is -0.322. The van der Waals surface area contributed by atoms with Crippen molar-refractivity contribution in [2.24, 2.45) is 0 Å². The number of hydrogen-bond donors (Lipinski definition) is 0. The second kappa shape index (κ2) is 11.2. The van der Waals surface area contributed by atoms with Crippen LogP contribution in [0.5, 0.6) is 0 Å². The first-order valence-electron chi connectivity index (χ1n) is 5.08. The van der Waals surface area contributed by atoms with Crippen LogP contribution >= 0.6 is 15.9 Å². The molecule has 0 aromatic heterocycles. The number of esters is 1. The Morgan fingerprint density at radius 2 is 1.60 bits per heavy atom. The zero-order valence-corrected chi connectivity index (χ0v) is 11.6. The summed E-state index contributed by atoms with van der Waals surface area (Å²) >= 11 is 3.24. The summed E-state index contributed by atoms with van der Waals surface area (Å²) in [5, 5.41) is 0. The monoisotopic (exact) mass is 274 g/mol. The molecular formula is C12H19BrO2. The van der Waals surface area contributed by atoms with Gasteiger partial charge in [0.15, 0.2) is 0 Å². The lowest BCUT2D eigenvalue weighted by molar-refractivity contribution is 0.0599. The lowest BCUT2D eigenvalue weighted by Gasteiger charge is -1.99. The lowest BCUT2D eigenvalue weighted by Crippen LogP contribution is -2.01. The quantitative estimate of drug-likeness (QED) is 0.715. The number of benzene rings is 1. The molecule has 15 heavy (non-hydrogen) atoms. The van der Waals surface area contributed by atoms with Crippen molar-refractivity contribution in [3.8, 4) is 0 Å². The van der Waals surface area contributed by atoms with Gasteiger partial charge in [0.2, 0.25) is 0 Å². The molecule has 1 aromatic carbocycles. The summed E-state index contributed by atoms with van der Waals surface area (Å²) in [6.07, 6.45) is 0. The van der Waals surface area contributed by atoms with Crippen molar-refractivity contribution < 1.29 is 9.53 Å². The van der Waals surface area contributed by atoms with Gasteiger partial charge in [0, 0.05) is 4.47 Å². The van der Waals surface area contributed by atoms with Gasteiger partial charge < -0.3 is 4.74 Å². The maximum Gasteiger partial charge on any atom is 0.338 e. The van der Waals surface area contributed by atoms with Crippen LogP contribution in [-0.2, 0) is 4.74 Å². The molecule has 0 bridgehead atoms. The van der Waals surface area contributed by atoms with Crippen LogP contribution in [0.4, 0.5) is 0 Å². The highest BCUT2D eigenvalue weighted by molar-refractivity contribution is 9.10. The molecule has 2 nitrogen and oxygen atoms in total. The number of rotatable bonds is 1. The minimum absolute atomic E-state index is 0.322. The Morgan fingerprint density at radius 3 is 2.00 bits per heavy atom. The molecule has 0 heterocycles. The fraction of sp³-hybridized carbons (Fsp3) is 0.417. The van der Waals surface area contributed by atoms with Crippen LogP contribution in [0, 0.1) is 0 Å². The van der Waals surface area contributed by atoms with Crippen LogP contribution in [0.2, 0.25) is 0 Å². The van der Waals surface area contributed by atoms with Crippen molar-refractivity contribution in [3.63, 3.8) is 0 Å². The molecule has 1 rings (SSSR count). The summed E-state index contributed by atoms with van der Waals surface area (Å²) < 4.78 is 5.30. The lowest BCUT2D eigenvalue weighted by atomic mass is 10.2. The molecular weight excluding hydrogens is 256 g/mol. The molecule has 1 aromatic rings. The minimum Gasteiger partial charge on any atom is -0.465 e. The molecule has 0 unspecified atom stereocenters. The molecule has 0 aliphatic heterocycles. The Hall–Kier alpha value is -0.830. The van der Waals surface area contributed by atoms with Crippen LogP contribution in [-0.4, -0.2) is 13.1 Å². The van der Waals surface area contributed by atoms with Gasteiger partial charge in [-0.3, -0.25) is 0 Å². The van der Waals surface area contributed by atoms with Gasteiger partial charge in [-0.1, -0.05) is 39.8 Å². The number of ether oxygens (including phenoxy) is 1. The van der Waals surface area contributed by atoms with Gasteiger partial charge >= 0.3 is 5.97 Å². The highest BCUT2D eigenvalue weighted by Crippen LogP contribution is 2.16. The van der Waals surface area contributed by atoms with E-state index in [1.165, 1.54) is 7.11 Å². The Labute approximate surface area is 101 Å². The van der Waals surface area contributed by atoms with Crippen molar-refractivity contribution in [3.05, 3.63) is 34.3 Å². The molecule has 0 atom stereocenters. The van der Waals surface area contributed by atoms with Gasteiger partial charge in [-0.2, -0.15) is 0 Å². The molecule has 0 aliphatic carbocycles. The van der Waals surface area contributed by atoms with Gasteiger partial charge in [0.1, 0.15) is 0 Å². The van der Waals surface area contributed by atoms with Gasteiger partial charge in [0.05, 0.1) is 12.7 Å². The molecule has 0 fully saturated rings. The third kappa shape index (κ3) is 6.28. The smallest absolute Gasteiger partial charge is 0.338 e. The maximum absolute atomic E-state index is 11.0. The highest BCUT2D eigenvalue weighted by atomic mass is 79.9. The van der Waals surface area contributed by atoms with Crippen molar-refractivity contribution in [1.82, 2.24) is 0 Å². The number of hydrogen-bond acceptors (Lipinski definition) is 2. The summed E-state index contributed by atoms with van der Waals surface area (Å²) in [7, 11) is 1.36. The normalized spacial score (nSPS) is 7.60. The Balaban J connectivity index is 0. The standard InChI is InChI=1S/C8H7BrO2.2C2H6/c1-11-8(10)6-4-2-3-5-7(6)9;2*1-2/h2-5H,1H3;2*1-2H3. The van der Waals surface area contributed by atoms with E-state index in [2.05, 4.69) is 20.7 Å². The van der Waals surface area contributed by atoms with Crippen molar-refractivity contribution in [2.75, 3.05) is 7.11 Å². The zero-order valence-electron chi connectivity index (χ0n) is 10.0. The van der Waals surface area contributed by atoms with Crippen LogP contribution < -0.4 is 0 Å². The number of carbonyl (C=O) groups is 1. The Morgan fingerprint density at radius 1 is 1.13 bits per heavy atom. The maximum atomic E-state index is 11.0. The second-order valence-corrected chi connectivity index (χ2v) is 2.83. The number of carbonyl (C=O) groups excluding carboxylic acids is 1. The third-order valence-corrected chi connectivity index (χ3v) is 1.97. The fourth-order valence-corrected chi connectivity index (χ4v) is 1.18. The summed E-state index contributed by atoms with van der Waals surface area (Å²) in [5.41, 5.74) is 0.551. The number of halogens is 1. The summed E-state index contributed by atoms with van der Waals surface area (Å²) in [6.45, 7) is 8.00. The van der Waals surface area contributed by atoms with Crippen LogP contribution in [0.3, 0.4) is 0 Å². The zero-order chi connectivity index (χ0) is 12.3. The largest absolute Gasteiger partial charge is 0.465 e. The Kier molecular flexibility index (Phi) is 12.4. The first-order chi connectivity index (χ1) is 7.25. The van der Waals surface area contributed by atoms with Crippen LogP contribution in [0.25, 0.3) is 0 Å². The van der Waals surface area contributed by atoms with E-state index in [0.717, 1.165) is 4.47 Å². The predicted octanol–water partition coefficient (Wildman–Crippen LogP) is 4.29. The summed E-state index contributed by atoms with van der Waals surface area (Å²) in [5.74, 6) is -0.322. The van der Waals surface area contributed by atoms with E-state index in [4.69, 9.17) is 0 Å². The van der Waals surface area contributed by atoms with E-state index in [1.807, 2.05) is 33.8 Å². The summed E-state index contributed by atoms with van der Waals surface area (Å²) in [6, 6.07) is 7.13. The van der Waals surface area contributed by atoms with Crippen molar-refractivity contribution >= 4 is 21.9 Å². The van der Waals surface area contributed by atoms with Crippen LogP contribution in [0.15, 0.2) is 28.7 Å². The average Bonchev–Trinajstić information content (AvgIpc) is 2.34. The molecule has 0 radical (unpaired) electrons. The molecule has 86 valence electrons. The van der Waals surface area contributed by atoms with Crippen LogP contribution in [0.1, 0.15) is 38.1 Å². The molecule has 0 saturated carbocycles. The van der Waals surface area contributed by atoms with E-state index in [1.54, 1.807) is 18.2 Å². The van der Waals surface area contributed by atoms with E-state index >= 15 is 0 Å². The van der Waals surface area contributed by atoms with Crippen molar-refractivity contribution in [2.45, 2.75) is 27.7 Å². The third-order valence-electron chi connectivity index (χ3n) is 1.28. The molecule has 0 amide bonds. The van der Waals surface area contributed by atoms with Gasteiger partial charge in [0.25, 0.3) is 0 Å². The fourth-order valence-electron chi connectivity index (χ4n) is 0.737. The van der Waals surface area contributed by atoms with E-state index in [9.17, 15) is 4.79 Å². The summed E-state index contributed by atoms with van der Waals surface area (Å²) in [4.78, 5) is 11.0. The first kappa shape index (κ1) is 16.6. The Bertz CT molecular complexity index is 272. The average molecular weight is 275 g/mol. The molecule has 0 N–H and O–H groups in total. The first-order valence-corrected chi connectivity index (χ1v) is 5.88. The SMILES string of the molecule is CC.CC.COC(=O)c1ccccc1Br. The van der Waals surface area contributed by atoms with Gasteiger partial charge in [-0.15, -0.1) is 0 Å².